The van der Waals surface area contributed by atoms with E-state index in [0.717, 1.165) is 5.56 Å². The lowest BCUT2D eigenvalue weighted by atomic mass is 10.1. The number of carbonyl (C=O) groups excluding carboxylic acids is 1. The van der Waals surface area contributed by atoms with Gasteiger partial charge in [0.25, 0.3) is 5.91 Å². The standard InChI is InChI=1S/C19H20ClN5O2/c1-2-25-18(22-23-24-25)13-27-16-9-7-15(8-10-16)19(26)21-12-11-14-5-3-4-6-17(14)20/h3-10H,2,11-13H2,1H3,(H,21,26). The van der Waals surface area contributed by atoms with Gasteiger partial charge in [-0.15, -0.1) is 5.10 Å². The van der Waals surface area contributed by atoms with Gasteiger partial charge in [-0.25, -0.2) is 4.68 Å². The van der Waals surface area contributed by atoms with Crippen LogP contribution < -0.4 is 10.1 Å². The van der Waals surface area contributed by atoms with Gasteiger partial charge in [-0.1, -0.05) is 29.8 Å². The van der Waals surface area contributed by atoms with Gasteiger partial charge in [0, 0.05) is 23.7 Å². The number of aromatic nitrogens is 4. The minimum Gasteiger partial charge on any atom is -0.486 e. The number of hydrogen-bond donors (Lipinski definition) is 1. The van der Waals surface area contributed by atoms with E-state index in [0.29, 0.717) is 41.7 Å². The van der Waals surface area contributed by atoms with Crippen LogP contribution in [0.4, 0.5) is 0 Å². The maximum absolute atomic E-state index is 12.2. The van der Waals surface area contributed by atoms with Gasteiger partial charge >= 0.3 is 0 Å². The molecule has 7 nitrogen and oxygen atoms in total. The molecule has 3 rings (SSSR count). The average molecular weight is 386 g/mol. The zero-order chi connectivity index (χ0) is 19.1. The van der Waals surface area contributed by atoms with E-state index in [1.54, 1.807) is 28.9 Å². The summed E-state index contributed by atoms with van der Waals surface area (Å²) in [6, 6.07) is 14.6. The van der Waals surface area contributed by atoms with Crippen LogP contribution in [0.25, 0.3) is 0 Å². The summed E-state index contributed by atoms with van der Waals surface area (Å²) < 4.78 is 7.34. The van der Waals surface area contributed by atoms with Crippen LogP contribution in [0.3, 0.4) is 0 Å². The van der Waals surface area contributed by atoms with Crippen molar-refractivity contribution in [2.75, 3.05) is 6.54 Å². The van der Waals surface area contributed by atoms with Gasteiger partial charge < -0.3 is 10.1 Å². The second-order valence-corrected chi connectivity index (χ2v) is 6.23. The molecule has 2 aromatic carbocycles. The first-order valence-corrected chi connectivity index (χ1v) is 9.04. The number of benzene rings is 2. The van der Waals surface area contributed by atoms with Crippen molar-refractivity contribution in [2.45, 2.75) is 26.5 Å². The van der Waals surface area contributed by atoms with Crippen LogP contribution in [0.1, 0.15) is 28.7 Å². The normalized spacial score (nSPS) is 10.6. The fourth-order valence-electron chi connectivity index (χ4n) is 2.54. The molecular weight excluding hydrogens is 366 g/mol. The molecule has 0 bridgehead atoms. The smallest absolute Gasteiger partial charge is 0.251 e. The molecule has 0 aliphatic carbocycles. The summed E-state index contributed by atoms with van der Waals surface area (Å²) >= 11 is 6.12. The first kappa shape index (κ1) is 18.8. The fourth-order valence-corrected chi connectivity index (χ4v) is 2.77. The predicted molar refractivity (Wildman–Crippen MR) is 102 cm³/mol. The van der Waals surface area contributed by atoms with Gasteiger partial charge in [0.15, 0.2) is 5.82 Å². The molecule has 1 amide bonds. The third-order valence-electron chi connectivity index (χ3n) is 4.03. The zero-order valence-electron chi connectivity index (χ0n) is 14.9. The van der Waals surface area contributed by atoms with Crippen molar-refractivity contribution in [1.82, 2.24) is 25.5 Å². The maximum Gasteiger partial charge on any atom is 0.251 e. The van der Waals surface area contributed by atoms with Crippen LogP contribution in [0.2, 0.25) is 5.02 Å². The van der Waals surface area contributed by atoms with Crippen molar-refractivity contribution in [1.29, 1.82) is 0 Å². The highest BCUT2D eigenvalue weighted by Crippen LogP contribution is 2.16. The Morgan fingerprint density at radius 1 is 1.19 bits per heavy atom. The summed E-state index contributed by atoms with van der Waals surface area (Å²) in [6.07, 6.45) is 0.679. The second-order valence-electron chi connectivity index (χ2n) is 5.82. The maximum atomic E-state index is 12.2. The van der Waals surface area contributed by atoms with Crippen molar-refractivity contribution >= 4 is 17.5 Å². The van der Waals surface area contributed by atoms with Gasteiger partial charge in [0.2, 0.25) is 0 Å². The number of nitrogens with one attached hydrogen (secondary N) is 1. The van der Waals surface area contributed by atoms with E-state index in [9.17, 15) is 4.79 Å². The number of rotatable bonds is 8. The number of halogens is 1. The molecule has 0 radical (unpaired) electrons. The first-order valence-electron chi connectivity index (χ1n) is 8.67. The van der Waals surface area contributed by atoms with Gasteiger partial charge in [-0.05, 0) is 59.7 Å². The average Bonchev–Trinajstić information content (AvgIpc) is 3.16. The van der Waals surface area contributed by atoms with Gasteiger partial charge in [-0.3, -0.25) is 4.79 Å². The summed E-state index contributed by atoms with van der Waals surface area (Å²) in [6.45, 7) is 3.42. The van der Waals surface area contributed by atoms with Crippen LogP contribution in [0, 0.1) is 0 Å². The third kappa shape index (κ3) is 5.04. The Balaban J connectivity index is 1.49. The van der Waals surface area contributed by atoms with E-state index < -0.39 is 0 Å². The van der Waals surface area contributed by atoms with E-state index in [1.165, 1.54) is 0 Å². The minimum atomic E-state index is -0.136. The summed E-state index contributed by atoms with van der Waals surface area (Å²) in [7, 11) is 0. The van der Waals surface area contributed by atoms with Gasteiger partial charge in [0.05, 0.1) is 0 Å². The molecule has 1 aromatic heterocycles. The minimum absolute atomic E-state index is 0.136. The molecule has 0 aliphatic rings. The van der Waals surface area contributed by atoms with Gasteiger partial charge in [-0.2, -0.15) is 0 Å². The summed E-state index contributed by atoms with van der Waals surface area (Å²) in [5.41, 5.74) is 1.58. The molecule has 0 fully saturated rings. The molecule has 0 aliphatic heterocycles. The number of carbonyl (C=O) groups is 1. The Hall–Kier alpha value is -2.93. The number of ether oxygens (including phenoxy) is 1. The van der Waals surface area contributed by atoms with Crippen LogP contribution in [-0.4, -0.2) is 32.7 Å². The third-order valence-corrected chi connectivity index (χ3v) is 4.40. The monoisotopic (exact) mass is 385 g/mol. The van der Waals surface area contributed by atoms with Crippen LogP contribution in [-0.2, 0) is 19.6 Å². The molecule has 0 saturated heterocycles. The quantitative estimate of drug-likeness (QED) is 0.644. The molecule has 1 heterocycles. The molecule has 140 valence electrons. The van der Waals surface area contributed by atoms with Crippen molar-refractivity contribution in [3.63, 3.8) is 0 Å². The van der Waals surface area contributed by atoms with E-state index in [2.05, 4.69) is 20.8 Å². The molecule has 0 saturated carbocycles. The molecular formula is C19H20ClN5O2. The highest BCUT2D eigenvalue weighted by atomic mass is 35.5. The number of hydrogen-bond acceptors (Lipinski definition) is 5. The van der Waals surface area contributed by atoms with Crippen LogP contribution >= 0.6 is 11.6 Å². The Labute approximate surface area is 162 Å². The lowest BCUT2D eigenvalue weighted by Crippen LogP contribution is -2.25. The Kier molecular flexibility index (Phi) is 6.38. The first-order chi connectivity index (χ1) is 13.2. The van der Waals surface area contributed by atoms with Crippen molar-refractivity contribution in [3.05, 3.63) is 70.5 Å². The van der Waals surface area contributed by atoms with E-state index in [-0.39, 0.29) is 12.5 Å². The fraction of sp³-hybridized carbons (Fsp3) is 0.263. The lowest BCUT2D eigenvalue weighted by Gasteiger charge is -2.08. The highest BCUT2D eigenvalue weighted by molar-refractivity contribution is 6.31. The molecule has 3 aromatic rings. The molecule has 27 heavy (non-hydrogen) atoms. The summed E-state index contributed by atoms with van der Waals surface area (Å²) in [5.74, 6) is 1.16. The molecule has 0 unspecified atom stereocenters. The zero-order valence-corrected chi connectivity index (χ0v) is 15.7. The van der Waals surface area contributed by atoms with Crippen LogP contribution in [0.15, 0.2) is 48.5 Å². The largest absolute Gasteiger partial charge is 0.486 e. The topological polar surface area (TPSA) is 81.9 Å². The van der Waals surface area contributed by atoms with Gasteiger partial charge in [0.1, 0.15) is 12.4 Å². The van der Waals surface area contributed by atoms with Crippen molar-refractivity contribution in [3.8, 4) is 5.75 Å². The SMILES string of the molecule is CCn1nnnc1COc1ccc(C(=O)NCCc2ccccc2Cl)cc1. The number of amides is 1. The second kappa shape index (κ2) is 9.14. The van der Waals surface area contributed by atoms with Crippen LogP contribution in [0.5, 0.6) is 5.75 Å². The molecule has 1 N–H and O–H groups in total. The summed E-state index contributed by atoms with van der Waals surface area (Å²) in [4.78, 5) is 12.2. The molecule has 0 spiro atoms. The molecule has 0 atom stereocenters. The Morgan fingerprint density at radius 3 is 2.70 bits per heavy atom. The van der Waals surface area contributed by atoms with E-state index in [1.807, 2.05) is 31.2 Å². The van der Waals surface area contributed by atoms with Crippen molar-refractivity contribution in [2.24, 2.45) is 0 Å². The van der Waals surface area contributed by atoms with E-state index in [4.69, 9.17) is 16.3 Å². The number of aryl methyl sites for hydroxylation is 1. The highest BCUT2D eigenvalue weighted by Gasteiger charge is 2.08. The molecule has 8 heteroatoms. The lowest BCUT2D eigenvalue weighted by molar-refractivity contribution is 0.0954. The predicted octanol–water partition coefficient (Wildman–Crippen LogP) is 2.90. The van der Waals surface area contributed by atoms with E-state index >= 15 is 0 Å². The number of tetrazole rings is 1. The van der Waals surface area contributed by atoms with Crippen molar-refractivity contribution < 1.29 is 9.53 Å². The number of nitrogens with zero attached hydrogens (tertiary/aromatic N) is 4. The Morgan fingerprint density at radius 2 is 1.96 bits per heavy atom. The Bertz CT molecular complexity index is 895. The summed E-state index contributed by atoms with van der Waals surface area (Å²) in [5, 5.41) is 15.0.